The van der Waals surface area contributed by atoms with Gasteiger partial charge in [-0.3, -0.25) is 4.79 Å². The molecule has 31 heavy (non-hydrogen) atoms. The Bertz CT molecular complexity index is 983. The third-order valence-electron chi connectivity index (χ3n) is 4.53. The van der Waals surface area contributed by atoms with E-state index in [0.717, 1.165) is 18.7 Å². The zero-order chi connectivity index (χ0) is 22.1. The van der Waals surface area contributed by atoms with Gasteiger partial charge in [0.15, 0.2) is 11.5 Å². The van der Waals surface area contributed by atoms with Crippen molar-refractivity contribution in [3.63, 3.8) is 0 Å². The summed E-state index contributed by atoms with van der Waals surface area (Å²) < 4.78 is 19.2. The molecule has 1 amide bonds. The lowest BCUT2D eigenvalue weighted by atomic mass is 10.1. The summed E-state index contributed by atoms with van der Waals surface area (Å²) in [5, 5.41) is 2.90. The average molecular weight is 424 g/mol. The first-order valence-electron chi connectivity index (χ1n) is 10.5. The Kier molecular flexibility index (Phi) is 7.92. The number of nitrogens with one attached hydrogen (secondary N) is 1. The molecule has 0 aliphatic carbocycles. The molecule has 0 aliphatic rings. The molecule has 0 aliphatic heterocycles. The second kappa shape index (κ2) is 11.1. The fraction of sp³-hybridized carbons (Fsp3) is 0.333. The number of hydrogen-bond acceptors (Lipinski definition) is 5. The number of anilines is 1. The van der Waals surface area contributed by atoms with Gasteiger partial charge in [-0.1, -0.05) is 13.8 Å². The van der Waals surface area contributed by atoms with Crippen molar-refractivity contribution in [3.8, 4) is 17.2 Å². The zero-order valence-corrected chi connectivity index (χ0v) is 18.3. The molecule has 0 saturated heterocycles. The number of nitrogens with zero attached hydrogens (tertiary/aromatic N) is 2. The van der Waals surface area contributed by atoms with Crippen molar-refractivity contribution in [2.24, 2.45) is 7.05 Å². The molecule has 0 saturated carbocycles. The number of aryl methyl sites for hydroxylation is 1. The molecule has 0 spiro atoms. The molecule has 7 heteroatoms. The largest absolute Gasteiger partial charge is 0.490 e. The number of carbonyl (C=O) groups is 1. The molecule has 1 heterocycles. The lowest BCUT2D eigenvalue weighted by molar-refractivity contribution is 0.102. The normalized spacial score (nSPS) is 10.5. The van der Waals surface area contributed by atoms with Crippen molar-refractivity contribution in [2.45, 2.75) is 33.3 Å². The number of imidazole rings is 1. The van der Waals surface area contributed by atoms with Crippen LogP contribution in [-0.4, -0.2) is 28.7 Å². The summed E-state index contributed by atoms with van der Waals surface area (Å²) in [5.41, 5.74) is 1.18. The van der Waals surface area contributed by atoms with Crippen molar-refractivity contribution < 1.29 is 19.0 Å². The maximum absolute atomic E-state index is 12.7. The molecule has 0 fully saturated rings. The minimum absolute atomic E-state index is 0.218. The van der Waals surface area contributed by atoms with Crippen LogP contribution in [0, 0.1) is 0 Å². The topological polar surface area (TPSA) is 74.6 Å². The van der Waals surface area contributed by atoms with E-state index >= 15 is 0 Å². The van der Waals surface area contributed by atoms with Gasteiger partial charge in [-0.25, -0.2) is 4.98 Å². The molecule has 164 valence electrons. The average Bonchev–Trinajstić information content (AvgIpc) is 3.20. The summed E-state index contributed by atoms with van der Waals surface area (Å²) in [7, 11) is 1.92. The first kappa shape index (κ1) is 22.2. The highest BCUT2D eigenvalue weighted by Crippen LogP contribution is 2.29. The summed E-state index contributed by atoms with van der Waals surface area (Å²) in [6.45, 7) is 5.62. The molecule has 0 unspecified atom stereocenters. The van der Waals surface area contributed by atoms with Crippen molar-refractivity contribution >= 4 is 11.6 Å². The first-order valence-corrected chi connectivity index (χ1v) is 10.5. The maximum Gasteiger partial charge on any atom is 0.255 e. The van der Waals surface area contributed by atoms with Gasteiger partial charge in [-0.15, -0.1) is 0 Å². The van der Waals surface area contributed by atoms with E-state index in [2.05, 4.69) is 10.3 Å². The van der Waals surface area contributed by atoms with Crippen LogP contribution in [0.3, 0.4) is 0 Å². The van der Waals surface area contributed by atoms with Crippen LogP contribution < -0.4 is 19.5 Å². The van der Waals surface area contributed by atoms with Crippen LogP contribution in [0.5, 0.6) is 17.2 Å². The molecule has 1 aromatic heterocycles. The summed E-state index contributed by atoms with van der Waals surface area (Å²) in [6.07, 6.45) is 5.38. The van der Waals surface area contributed by atoms with Crippen molar-refractivity contribution in [1.29, 1.82) is 0 Å². The molecule has 3 rings (SSSR count). The van der Waals surface area contributed by atoms with Crippen molar-refractivity contribution in [1.82, 2.24) is 9.55 Å². The third kappa shape index (κ3) is 6.25. The van der Waals surface area contributed by atoms with Gasteiger partial charge >= 0.3 is 0 Å². The SMILES string of the molecule is CCCOc1ccc(C(=O)Nc2ccc(OCc3nccn3C)cc2)cc1OCCC. The van der Waals surface area contributed by atoms with E-state index in [4.69, 9.17) is 14.2 Å². The summed E-state index contributed by atoms with van der Waals surface area (Å²) in [5.74, 6) is 2.56. The van der Waals surface area contributed by atoms with Gasteiger partial charge in [0.05, 0.1) is 13.2 Å². The van der Waals surface area contributed by atoms with Gasteiger partial charge in [-0.05, 0) is 55.3 Å². The van der Waals surface area contributed by atoms with E-state index in [-0.39, 0.29) is 5.91 Å². The molecule has 0 atom stereocenters. The lowest BCUT2D eigenvalue weighted by Gasteiger charge is -2.14. The number of benzene rings is 2. The maximum atomic E-state index is 12.7. The van der Waals surface area contributed by atoms with Crippen LogP contribution in [-0.2, 0) is 13.7 Å². The van der Waals surface area contributed by atoms with E-state index in [1.165, 1.54) is 0 Å². The van der Waals surface area contributed by atoms with Gasteiger partial charge in [0.2, 0.25) is 0 Å². The van der Waals surface area contributed by atoms with Gasteiger partial charge in [-0.2, -0.15) is 0 Å². The van der Waals surface area contributed by atoms with E-state index in [1.807, 2.05) is 43.8 Å². The van der Waals surface area contributed by atoms with Gasteiger partial charge in [0.1, 0.15) is 18.2 Å². The zero-order valence-electron chi connectivity index (χ0n) is 18.3. The Morgan fingerprint density at radius 3 is 2.32 bits per heavy atom. The fourth-order valence-electron chi connectivity index (χ4n) is 2.83. The second-order valence-corrected chi connectivity index (χ2v) is 7.08. The van der Waals surface area contributed by atoms with Gasteiger partial charge in [0.25, 0.3) is 5.91 Å². The Hall–Kier alpha value is -3.48. The van der Waals surface area contributed by atoms with Crippen LogP contribution in [0.4, 0.5) is 5.69 Å². The predicted octanol–water partition coefficient (Wildman–Crippen LogP) is 4.83. The number of aromatic nitrogens is 2. The van der Waals surface area contributed by atoms with Crippen LogP contribution >= 0.6 is 0 Å². The standard InChI is InChI=1S/C24H29N3O4/c1-4-14-29-21-11-6-18(16-22(21)30-15-5-2)24(28)26-19-7-9-20(10-8-19)31-17-23-25-12-13-27(23)3/h6-13,16H,4-5,14-15,17H2,1-3H3,(H,26,28). The fourth-order valence-corrected chi connectivity index (χ4v) is 2.83. The quantitative estimate of drug-likeness (QED) is 0.478. The highest BCUT2D eigenvalue weighted by atomic mass is 16.5. The molecule has 0 bridgehead atoms. The Balaban J connectivity index is 1.62. The molecule has 1 N–H and O–H groups in total. The van der Waals surface area contributed by atoms with Crippen molar-refractivity contribution in [3.05, 3.63) is 66.2 Å². The van der Waals surface area contributed by atoms with E-state index in [0.29, 0.717) is 48.3 Å². The van der Waals surface area contributed by atoms with E-state index in [1.54, 1.807) is 36.5 Å². The molecule has 3 aromatic rings. The molecule has 2 aromatic carbocycles. The molecular formula is C24H29N3O4. The van der Waals surface area contributed by atoms with Gasteiger partial charge < -0.3 is 24.1 Å². The molecular weight excluding hydrogens is 394 g/mol. The third-order valence-corrected chi connectivity index (χ3v) is 4.53. The van der Waals surface area contributed by atoms with Gasteiger partial charge in [0, 0.05) is 30.7 Å². The number of ether oxygens (including phenoxy) is 3. The Morgan fingerprint density at radius 1 is 0.968 bits per heavy atom. The molecule has 0 radical (unpaired) electrons. The van der Waals surface area contributed by atoms with Crippen LogP contribution in [0.15, 0.2) is 54.9 Å². The van der Waals surface area contributed by atoms with Crippen LogP contribution in [0.25, 0.3) is 0 Å². The van der Waals surface area contributed by atoms with E-state index < -0.39 is 0 Å². The summed E-state index contributed by atoms with van der Waals surface area (Å²) in [4.78, 5) is 17.0. The number of rotatable bonds is 11. The summed E-state index contributed by atoms with van der Waals surface area (Å²) in [6, 6.07) is 12.5. The predicted molar refractivity (Wildman–Crippen MR) is 120 cm³/mol. The minimum atomic E-state index is -0.218. The number of hydrogen-bond donors (Lipinski definition) is 1. The lowest BCUT2D eigenvalue weighted by Crippen LogP contribution is -2.12. The van der Waals surface area contributed by atoms with Crippen molar-refractivity contribution in [2.75, 3.05) is 18.5 Å². The number of carbonyl (C=O) groups excluding carboxylic acids is 1. The first-order chi connectivity index (χ1) is 15.1. The molecule has 7 nitrogen and oxygen atoms in total. The monoisotopic (exact) mass is 423 g/mol. The Labute approximate surface area is 183 Å². The number of amides is 1. The smallest absolute Gasteiger partial charge is 0.255 e. The minimum Gasteiger partial charge on any atom is -0.490 e. The highest BCUT2D eigenvalue weighted by Gasteiger charge is 2.12. The highest BCUT2D eigenvalue weighted by molar-refractivity contribution is 6.04. The Morgan fingerprint density at radius 2 is 1.68 bits per heavy atom. The summed E-state index contributed by atoms with van der Waals surface area (Å²) >= 11 is 0. The van der Waals surface area contributed by atoms with Crippen LogP contribution in [0.1, 0.15) is 42.9 Å². The second-order valence-electron chi connectivity index (χ2n) is 7.08. The van der Waals surface area contributed by atoms with Crippen LogP contribution in [0.2, 0.25) is 0 Å². The van der Waals surface area contributed by atoms with E-state index in [9.17, 15) is 4.79 Å².